The highest BCUT2D eigenvalue weighted by molar-refractivity contribution is 7.89. The van der Waals surface area contributed by atoms with Gasteiger partial charge >= 0.3 is 0 Å². The van der Waals surface area contributed by atoms with Crippen LogP contribution in [0.1, 0.15) is 12.8 Å². The molecule has 1 fully saturated rings. The molecule has 7 nitrogen and oxygen atoms in total. The van der Waals surface area contributed by atoms with Crippen molar-refractivity contribution < 1.29 is 13.2 Å². The summed E-state index contributed by atoms with van der Waals surface area (Å²) < 4.78 is 30.5. The van der Waals surface area contributed by atoms with Gasteiger partial charge in [0.15, 0.2) is 0 Å². The first-order valence-electron chi connectivity index (χ1n) is 6.84. The third kappa shape index (κ3) is 3.52. The molecule has 0 atom stereocenters. The van der Waals surface area contributed by atoms with Crippen LogP contribution in [0.3, 0.4) is 0 Å². The van der Waals surface area contributed by atoms with Crippen LogP contribution >= 0.6 is 0 Å². The van der Waals surface area contributed by atoms with Gasteiger partial charge in [0.05, 0.1) is 5.54 Å². The van der Waals surface area contributed by atoms with Crippen molar-refractivity contribution in [1.29, 1.82) is 0 Å². The van der Waals surface area contributed by atoms with Gasteiger partial charge in [-0.1, -0.05) is 0 Å². The smallest absolute Gasteiger partial charge is 0.244 e. The van der Waals surface area contributed by atoms with Crippen molar-refractivity contribution in [1.82, 2.24) is 9.29 Å². The van der Waals surface area contributed by atoms with E-state index in [-0.39, 0.29) is 10.4 Å². The molecule has 1 aromatic rings. The van der Waals surface area contributed by atoms with E-state index in [2.05, 4.69) is 10.3 Å². The molecule has 21 heavy (non-hydrogen) atoms. The number of nitrogens with two attached hydrogens (primary N) is 1. The van der Waals surface area contributed by atoms with Crippen molar-refractivity contribution >= 4 is 15.8 Å². The molecule has 0 aliphatic carbocycles. The van der Waals surface area contributed by atoms with E-state index in [0.29, 0.717) is 25.6 Å². The normalized spacial score (nSPS) is 18.7. The number of nitrogens with one attached hydrogen (secondary N) is 1. The van der Waals surface area contributed by atoms with Crippen LogP contribution < -0.4 is 11.1 Å². The second-order valence-electron chi connectivity index (χ2n) is 5.39. The van der Waals surface area contributed by atoms with E-state index < -0.39 is 10.0 Å². The topological polar surface area (TPSA) is 97.6 Å². The van der Waals surface area contributed by atoms with Crippen LogP contribution in [0, 0.1) is 0 Å². The van der Waals surface area contributed by atoms with Gasteiger partial charge in [-0.2, -0.15) is 0 Å². The number of sulfonamides is 1. The fourth-order valence-corrected chi connectivity index (χ4v) is 3.08. The zero-order chi connectivity index (χ0) is 15.5. The van der Waals surface area contributed by atoms with Crippen molar-refractivity contribution in [3.05, 3.63) is 18.3 Å². The summed E-state index contributed by atoms with van der Waals surface area (Å²) >= 11 is 0. The quantitative estimate of drug-likeness (QED) is 0.808. The molecule has 0 bridgehead atoms. The molecule has 2 heterocycles. The molecular weight excluding hydrogens is 292 g/mol. The molecule has 0 amide bonds. The molecule has 1 aliphatic heterocycles. The van der Waals surface area contributed by atoms with E-state index in [1.165, 1.54) is 20.3 Å². The maximum Gasteiger partial charge on any atom is 0.244 e. The predicted molar refractivity (Wildman–Crippen MR) is 80.6 cm³/mol. The minimum absolute atomic E-state index is 0.173. The van der Waals surface area contributed by atoms with Gasteiger partial charge < -0.3 is 15.8 Å². The van der Waals surface area contributed by atoms with E-state index in [1.54, 1.807) is 12.1 Å². The highest BCUT2D eigenvalue weighted by atomic mass is 32.2. The second-order valence-corrected chi connectivity index (χ2v) is 7.54. The van der Waals surface area contributed by atoms with E-state index >= 15 is 0 Å². The number of aromatic nitrogens is 1. The number of pyridine rings is 1. The van der Waals surface area contributed by atoms with E-state index in [1.807, 2.05) is 0 Å². The van der Waals surface area contributed by atoms with Crippen LogP contribution in [0.5, 0.6) is 0 Å². The van der Waals surface area contributed by atoms with Crippen molar-refractivity contribution in [3.63, 3.8) is 0 Å². The Labute approximate surface area is 125 Å². The third-order valence-electron chi connectivity index (χ3n) is 3.75. The minimum Gasteiger partial charge on any atom is -0.381 e. The van der Waals surface area contributed by atoms with E-state index in [9.17, 15) is 8.42 Å². The molecule has 0 radical (unpaired) electrons. The fourth-order valence-electron chi connectivity index (χ4n) is 2.23. The lowest BCUT2D eigenvalue weighted by Gasteiger charge is -2.37. The summed E-state index contributed by atoms with van der Waals surface area (Å²) in [5.41, 5.74) is 5.65. The predicted octanol–water partition coefficient (Wildman–Crippen LogP) is 0.252. The maximum absolute atomic E-state index is 12.0. The summed E-state index contributed by atoms with van der Waals surface area (Å²) in [7, 11) is -0.463. The molecule has 1 aliphatic rings. The Hall–Kier alpha value is -1.22. The molecule has 0 unspecified atom stereocenters. The third-order valence-corrected chi connectivity index (χ3v) is 5.55. The fraction of sp³-hybridized carbons (Fsp3) is 0.615. The molecule has 1 aromatic heterocycles. The largest absolute Gasteiger partial charge is 0.381 e. The van der Waals surface area contributed by atoms with Crippen molar-refractivity contribution in [2.24, 2.45) is 5.73 Å². The summed E-state index contributed by atoms with van der Waals surface area (Å²) in [5, 5.41) is 3.33. The first-order chi connectivity index (χ1) is 9.89. The Bertz CT molecular complexity index is 566. The summed E-state index contributed by atoms with van der Waals surface area (Å²) in [4.78, 5) is 4.37. The molecular formula is C13H22N4O3S. The minimum atomic E-state index is -3.45. The van der Waals surface area contributed by atoms with E-state index in [4.69, 9.17) is 10.5 Å². The molecule has 8 heteroatoms. The van der Waals surface area contributed by atoms with Gasteiger partial charge in [-0.25, -0.2) is 17.7 Å². The number of hydrogen-bond acceptors (Lipinski definition) is 6. The Morgan fingerprint density at radius 2 is 2.05 bits per heavy atom. The standard InChI is InChI=1S/C13H22N4O3S/c1-17(2)21(18,19)11-3-4-12(15-9-11)16-13(10-14)5-7-20-8-6-13/h3-4,9H,5-8,10,14H2,1-2H3,(H,15,16). The number of anilines is 1. The van der Waals surface area contributed by atoms with Crippen LogP contribution in [-0.2, 0) is 14.8 Å². The molecule has 118 valence electrons. The van der Waals surface area contributed by atoms with Crippen LogP contribution in [0.2, 0.25) is 0 Å². The summed E-state index contributed by atoms with van der Waals surface area (Å²) in [6.07, 6.45) is 2.98. The van der Waals surface area contributed by atoms with Crippen molar-refractivity contribution in [2.75, 3.05) is 39.2 Å². The SMILES string of the molecule is CN(C)S(=O)(=O)c1ccc(NC2(CN)CCOCC2)nc1. The molecule has 2 rings (SSSR count). The highest BCUT2D eigenvalue weighted by Gasteiger charge is 2.31. The van der Waals surface area contributed by atoms with Crippen LogP contribution in [0.15, 0.2) is 23.2 Å². The zero-order valence-electron chi connectivity index (χ0n) is 12.4. The van der Waals surface area contributed by atoms with Crippen LogP contribution in [0.25, 0.3) is 0 Å². The summed E-state index contributed by atoms with van der Waals surface area (Å²) in [6, 6.07) is 3.22. The van der Waals surface area contributed by atoms with Gasteiger partial charge in [-0.3, -0.25) is 0 Å². The van der Waals surface area contributed by atoms with Crippen molar-refractivity contribution in [3.8, 4) is 0 Å². The van der Waals surface area contributed by atoms with Gasteiger partial charge in [-0.05, 0) is 25.0 Å². The van der Waals surface area contributed by atoms with Crippen LogP contribution in [-0.4, -0.2) is 57.1 Å². The number of nitrogens with zero attached hydrogens (tertiary/aromatic N) is 2. The van der Waals surface area contributed by atoms with Crippen molar-refractivity contribution in [2.45, 2.75) is 23.3 Å². The molecule has 0 aromatic carbocycles. The lowest BCUT2D eigenvalue weighted by Crippen LogP contribution is -2.49. The van der Waals surface area contributed by atoms with Gasteiger partial charge in [0, 0.05) is 40.1 Å². The molecule has 3 N–H and O–H groups in total. The van der Waals surface area contributed by atoms with Crippen LogP contribution in [0.4, 0.5) is 5.82 Å². The average molecular weight is 314 g/mol. The van der Waals surface area contributed by atoms with E-state index in [0.717, 1.165) is 17.1 Å². The second kappa shape index (κ2) is 6.27. The van der Waals surface area contributed by atoms with Gasteiger partial charge in [0.1, 0.15) is 10.7 Å². The molecule has 1 saturated heterocycles. The first kappa shape index (κ1) is 16.2. The number of rotatable bonds is 5. The van der Waals surface area contributed by atoms with Gasteiger partial charge in [0.2, 0.25) is 10.0 Å². The Morgan fingerprint density at radius 3 is 2.52 bits per heavy atom. The van der Waals surface area contributed by atoms with Gasteiger partial charge in [0.25, 0.3) is 0 Å². The number of hydrogen-bond donors (Lipinski definition) is 2. The highest BCUT2D eigenvalue weighted by Crippen LogP contribution is 2.24. The van der Waals surface area contributed by atoms with Gasteiger partial charge in [-0.15, -0.1) is 0 Å². The monoisotopic (exact) mass is 314 g/mol. The molecule has 0 saturated carbocycles. The summed E-state index contributed by atoms with van der Waals surface area (Å²) in [6.45, 7) is 1.81. The summed E-state index contributed by atoms with van der Waals surface area (Å²) in [5.74, 6) is 0.625. The Morgan fingerprint density at radius 1 is 1.38 bits per heavy atom. The Kier molecular flexibility index (Phi) is 4.82. The molecule has 0 spiro atoms. The maximum atomic E-state index is 12.0. The first-order valence-corrected chi connectivity index (χ1v) is 8.28. The Balaban J connectivity index is 2.16. The zero-order valence-corrected chi connectivity index (χ0v) is 13.2. The average Bonchev–Trinajstić information content (AvgIpc) is 2.48. The lowest BCUT2D eigenvalue weighted by atomic mass is 9.90. The number of ether oxygens (including phenoxy) is 1. The lowest BCUT2D eigenvalue weighted by molar-refractivity contribution is 0.0627.